The van der Waals surface area contributed by atoms with Crippen LogP contribution in [0.1, 0.15) is 0 Å². The molecule has 3 N–H and O–H groups in total. The van der Waals surface area contributed by atoms with E-state index < -0.39 is 0 Å². The Hall–Kier alpha value is -0.930. The minimum atomic E-state index is 0.162. The molecule has 0 amide bonds. The van der Waals surface area contributed by atoms with Gasteiger partial charge in [0.05, 0.1) is 0 Å². The number of rotatable bonds is 3. The topological polar surface area (TPSA) is 47.3 Å². The SMILES string of the molecule is NNc1ccc(OCCl)cc1. The second-order valence-electron chi connectivity index (χ2n) is 1.92. The maximum absolute atomic E-state index is 5.35. The Bertz CT molecular complexity index is 212. The Balaban J connectivity index is 2.66. The first kappa shape index (κ1) is 8.17. The van der Waals surface area contributed by atoms with Gasteiger partial charge < -0.3 is 10.2 Å². The molecule has 0 aliphatic heterocycles. The van der Waals surface area contributed by atoms with Crippen molar-refractivity contribution >= 4 is 17.3 Å². The molecule has 0 fully saturated rings. The molecular formula is C7H9ClN2O. The van der Waals surface area contributed by atoms with Gasteiger partial charge in [-0.1, -0.05) is 11.6 Å². The van der Waals surface area contributed by atoms with E-state index in [1.165, 1.54) is 0 Å². The zero-order valence-electron chi connectivity index (χ0n) is 5.88. The molecule has 3 nitrogen and oxygen atoms in total. The fourth-order valence-electron chi connectivity index (χ4n) is 0.710. The van der Waals surface area contributed by atoms with Crippen LogP contribution >= 0.6 is 11.6 Å². The Morgan fingerprint density at radius 1 is 1.36 bits per heavy atom. The molecule has 1 aromatic carbocycles. The summed E-state index contributed by atoms with van der Waals surface area (Å²) in [7, 11) is 0. The van der Waals surface area contributed by atoms with Gasteiger partial charge in [-0.15, -0.1) is 0 Å². The summed E-state index contributed by atoms with van der Waals surface area (Å²) in [6.45, 7) is 0. The van der Waals surface area contributed by atoms with Crippen molar-refractivity contribution in [2.75, 3.05) is 11.5 Å². The second-order valence-corrected chi connectivity index (χ2v) is 2.14. The van der Waals surface area contributed by atoms with Gasteiger partial charge in [-0.05, 0) is 24.3 Å². The fraction of sp³-hybridized carbons (Fsp3) is 0.143. The lowest BCUT2D eigenvalue weighted by molar-refractivity contribution is 0.388. The van der Waals surface area contributed by atoms with E-state index in [0.29, 0.717) is 0 Å². The predicted octanol–water partition coefficient (Wildman–Crippen LogP) is 1.55. The molecule has 4 heteroatoms. The summed E-state index contributed by atoms with van der Waals surface area (Å²) in [4.78, 5) is 0. The maximum Gasteiger partial charge on any atom is 0.162 e. The number of hydrogen-bond acceptors (Lipinski definition) is 3. The third-order valence-electron chi connectivity index (χ3n) is 1.24. The normalized spacial score (nSPS) is 9.27. The molecule has 1 aromatic rings. The maximum atomic E-state index is 5.35. The lowest BCUT2D eigenvalue weighted by Crippen LogP contribution is -2.06. The summed E-state index contributed by atoms with van der Waals surface area (Å²) in [6, 6.07) is 7.36. The molecule has 0 aliphatic rings. The third kappa shape index (κ3) is 2.29. The summed E-state index contributed by atoms with van der Waals surface area (Å²) in [5.74, 6) is 5.89. The van der Waals surface area contributed by atoms with Crippen LogP contribution in [-0.2, 0) is 0 Å². The zero-order valence-corrected chi connectivity index (χ0v) is 6.64. The molecule has 0 atom stereocenters. The van der Waals surface area contributed by atoms with Crippen molar-refractivity contribution in [2.24, 2.45) is 5.84 Å². The number of halogens is 1. The quantitative estimate of drug-likeness (QED) is 0.413. The molecule has 0 aromatic heterocycles. The predicted molar refractivity (Wildman–Crippen MR) is 45.6 cm³/mol. The Labute approximate surface area is 70.1 Å². The van der Waals surface area contributed by atoms with Crippen molar-refractivity contribution in [3.8, 4) is 5.75 Å². The number of hydrazine groups is 1. The Kier molecular flexibility index (Phi) is 3.01. The lowest BCUT2D eigenvalue weighted by atomic mass is 10.3. The van der Waals surface area contributed by atoms with Gasteiger partial charge in [0.1, 0.15) is 5.75 Å². The fourth-order valence-corrected chi connectivity index (χ4v) is 0.836. The van der Waals surface area contributed by atoms with Gasteiger partial charge in [0, 0.05) is 5.69 Å². The summed E-state index contributed by atoms with van der Waals surface area (Å²) >= 11 is 5.35. The third-order valence-corrected chi connectivity index (χ3v) is 1.35. The minimum Gasteiger partial charge on any atom is -0.478 e. The van der Waals surface area contributed by atoms with E-state index in [4.69, 9.17) is 22.2 Å². The highest BCUT2D eigenvalue weighted by atomic mass is 35.5. The first-order chi connectivity index (χ1) is 5.36. The van der Waals surface area contributed by atoms with Crippen LogP contribution in [0.15, 0.2) is 24.3 Å². The van der Waals surface area contributed by atoms with Crippen molar-refractivity contribution in [1.82, 2.24) is 0 Å². The van der Waals surface area contributed by atoms with Gasteiger partial charge in [-0.3, -0.25) is 5.84 Å². The summed E-state index contributed by atoms with van der Waals surface area (Å²) < 4.78 is 5.00. The first-order valence-corrected chi connectivity index (χ1v) is 3.65. The summed E-state index contributed by atoms with van der Waals surface area (Å²) in [5, 5.41) is 0. The minimum absolute atomic E-state index is 0.162. The van der Waals surface area contributed by atoms with Gasteiger partial charge in [-0.25, -0.2) is 0 Å². The zero-order chi connectivity index (χ0) is 8.10. The van der Waals surface area contributed by atoms with Gasteiger partial charge >= 0.3 is 0 Å². The van der Waals surface area contributed by atoms with E-state index in [0.717, 1.165) is 11.4 Å². The van der Waals surface area contributed by atoms with Gasteiger partial charge in [0.15, 0.2) is 6.07 Å². The molecule has 0 heterocycles. The van der Waals surface area contributed by atoms with Crippen molar-refractivity contribution in [3.63, 3.8) is 0 Å². The summed E-state index contributed by atoms with van der Waals surface area (Å²) in [6.07, 6.45) is 0. The van der Waals surface area contributed by atoms with Gasteiger partial charge in [-0.2, -0.15) is 0 Å². The van der Waals surface area contributed by atoms with Crippen molar-refractivity contribution in [2.45, 2.75) is 0 Å². The number of anilines is 1. The monoisotopic (exact) mass is 172 g/mol. The van der Waals surface area contributed by atoms with Gasteiger partial charge in [0.2, 0.25) is 0 Å². The van der Waals surface area contributed by atoms with E-state index >= 15 is 0 Å². The van der Waals surface area contributed by atoms with Crippen LogP contribution in [0, 0.1) is 0 Å². The highest BCUT2D eigenvalue weighted by Gasteiger charge is 1.91. The molecular weight excluding hydrogens is 164 g/mol. The number of benzene rings is 1. The van der Waals surface area contributed by atoms with E-state index in [1.807, 2.05) is 12.1 Å². The van der Waals surface area contributed by atoms with Crippen LogP contribution in [0.4, 0.5) is 5.69 Å². The van der Waals surface area contributed by atoms with Crippen LogP contribution in [0.5, 0.6) is 5.75 Å². The molecule has 0 saturated carbocycles. The van der Waals surface area contributed by atoms with Crippen molar-refractivity contribution in [3.05, 3.63) is 24.3 Å². The molecule has 60 valence electrons. The Morgan fingerprint density at radius 2 is 2.00 bits per heavy atom. The number of hydrogen-bond donors (Lipinski definition) is 2. The smallest absolute Gasteiger partial charge is 0.162 e. The van der Waals surface area contributed by atoms with Crippen LogP contribution < -0.4 is 16.0 Å². The molecule has 0 aliphatic carbocycles. The molecule has 0 saturated heterocycles. The average molecular weight is 173 g/mol. The molecule has 0 radical (unpaired) electrons. The van der Waals surface area contributed by atoms with E-state index in [1.54, 1.807) is 12.1 Å². The molecule has 0 bridgehead atoms. The molecule has 0 unspecified atom stereocenters. The van der Waals surface area contributed by atoms with E-state index in [-0.39, 0.29) is 6.07 Å². The summed E-state index contributed by atoms with van der Waals surface area (Å²) in [5.41, 5.74) is 3.35. The van der Waals surface area contributed by atoms with Crippen LogP contribution in [0.25, 0.3) is 0 Å². The molecule has 11 heavy (non-hydrogen) atoms. The number of alkyl halides is 1. The molecule has 1 rings (SSSR count). The van der Waals surface area contributed by atoms with Crippen LogP contribution in [0.3, 0.4) is 0 Å². The van der Waals surface area contributed by atoms with Crippen molar-refractivity contribution in [1.29, 1.82) is 0 Å². The van der Waals surface area contributed by atoms with Gasteiger partial charge in [0.25, 0.3) is 0 Å². The van der Waals surface area contributed by atoms with Crippen LogP contribution in [-0.4, -0.2) is 6.07 Å². The number of ether oxygens (including phenoxy) is 1. The number of nitrogens with two attached hydrogens (primary N) is 1. The second kappa shape index (κ2) is 4.05. The highest BCUT2D eigenvalue weighted by molar-refractivity contribution is 6.17. The number of nitrogens with one attached hydrogen (secondary N) is 1. The highest BCUT2D eigenvalue weighted by Crippen LogP contribution is 2.14. The van der Waals surface area contributed by atoms with E-state index in [2.05, 4.69) is 5.43 Å². The van der Waals surface area contributed by atoms with Crippen molar-refractivity contribution < 1.29 is 4.74 Å². The Morgan fingerprint density at radius 3 is 2.45 bits per heavy atom. The van der Waals surface area contributed by atoms with Crippen LogP contribution in [0.2, 0.25) is 0 Å². The standard InChI is InChI=1S/C7H9ClN2O/c8-5-11-7-3-1-6(10-9)2-4-7/h1-4,10H,5,9H2. The lowest BCUT2D eigenvalue weighted by Gasteiger charge is -2.02. The molecule has 0 spiro atoms. The average Bonchev–Trinajstić information content (AvgIpc) is 2.07. The van der Waals surface area contributed by atoms with E-state index in [9.17, 15) is 0 Å². The number of nitrogen functional groups attached to an aromatic ring is 1. The largest absolute Gasteiger partial charge is 0.478 e. The first-order valence-electron chi connectivity index (χ1n) is 3.12.